The average Bonchev–Trinajstić information content (AvgIpc) is 2.37. The lowest BCUT2D eigenvalue weighted by Gasteiger charge is -2.07. The van der Waals surface area contributed by atoms with E-state index in [0.29, 0.717) is 0 Å². The lowest BCUT2D eigenvalue weighted by Crippen LogP contribution is -2.16. The van der Waals surface area contributed by atoms with Gasteiger partial charge in [0.05, 0.1) is 5.75 Å². The Hall–Kier alpha value is -0.260. The Morgan fingerprint density at radius 3 is 2.25 bits per heavy atom. The lowest BCUT2D eigenvalue weighted by atomic mass is 10.2. The minimum atomic E-state index is -4.59. The van der Waals surface area contributed by atoms with Crippen LogP contribution >= 0.6 is 0 Å². The molecule has 0 aliphatic heterocycles. The third-order valence-electron chi connectivity index (χ3n) is 1.99. The summed E-state index contributed by atoms with van der Waals surface area (Å²) in [5.41, 5.74) is 0. The van der Waals surface area contributed by atoms with Crippen molar-refractivity contribution in [2.75, 3.05) is 5.75 Å². The van der Waals surface area contributed by atoms with E-state index in [1.165, 1.54) is 0 Å². The second-order valence-corrected chi connectivity index (χ2v) is 4.68. The summed E-state index contributed by atoms with van der Waals surface area (Å²) in [7, 11) is -4.59. The Kier molecular flexibility index (Phi) is 2.14. The van der Waals surface area contributed by atoms with Gasteiger partial charge in [0, 0.05) is 5.92 Å². The van der Waals surface area contributed by atoms with E-state index >= 15 is 0 Å². The van der Waals surface area contributed by atoms with E-state index < -0.39 is 33.7 Å². The molecule has 1 rings (SSSR count). The second kappa shape index (κ2) is 2.61. The van der Waals surface area contributed by atoms with Crippen LogP contribution in [0.3, 0.4) is 0 Å². The summed E-state index contributed by atoms with van der Waals surface area (Å²) in [6, 6.07) is 0. The van der Waals surface area contributed by atoms with Crippen LogP contribution in [0, 0.1) is 11.8 Å². The highest BCUT2D eigenvalue weighted by atomic mass is 32.3. The fourth-order valence-corrected chi connectivity index (χ4v) is 2.19. The molecule has 0 aromatic heterocycles. The zero-order chi connectivity index (χ0) is 9.57. The monoisotopic (exact) mass is 202 g/mol. The van der Waals surface area contributed by atoms with Gasteiger partial charge < -0.3 is 0 Å². The smallest absolute Gasteiger partial charge is 0.207 e. The molecular weight excluding hydrogens is 193 g/mol. The summed E-state index contributed by atoms with van der Waals surface area (Å²) < 4.78 is 56.9. The van der Waals surface area contributed by atoms with Gasteiger partial charge in [-0.15, -0.1) is 3.89 Å². The van der Waals surface area contributed by atoms with Gasteiger partial charge in [-0.1, -0.05) is 0 Å². The first-order chi connectivity index (χ1) is 5.20. The van der Waals surface area contributed by atoms with Crippen molar-refractivity contribution in [1.29, 1.82) is 0 Å². The number of hydrogen-bond acceptors (Lipinski definition) is 2. The van der Waals surface area contributed by atoms with Gasteiger partial charge in [0.25, 0.3) is 0 Å². The minimum absolute atomic E-state index is 0.104. The van der Waals surface area contributed by atoms with Crippen molar-refractivity contribution in [1.82, 2.24) is 0 Å². The maximum Gasteiger partial charge on any atom is 0.302 e. The summed E-state index contributed by atoms with van der Waals surface area (Å²) in [5, 5.41) is 0. The van der Waals surface area contributed by atoms with Crippen LogP contribution in [0.5, 0.6) is 0 Å². The molecule has 12 heavy (non-hydrogen) atoms. The molecule has 1 aliphatic carbocycles. The fourth-order valence-electron chi connectivity index (χ4n) is 1.31. The van der Waals surface area contributed by atoms with Crippen molar-refractivity contribution in [2.24, 2.45) is 11.8 Å². The highest BCUT2D eigenvalue weighted by molar-refractivity contribution is 7.86. The van der Waals surface area contributed by atoms with Gasteiger partial charge in [0.15, 0.2) is 0 Å². The molecule has 0 heterocycles. The first-order valence-electron chi connectivity index (χ1n) is 3.50. The molecule has 0 N–H and O–H groups in total. The summed E-state index contributed by atoms with van der Waals surface area (Å²) in [6.45, 7) is 0.725. The molecule has 0 amide bonds. The standard InChI is InChI=1S/C6H9F3O2S/c1-6(7,8)5-2-4(5)3-12(9,10)11/h4-5H,2-3H2,1H3/t4-,5+/m0/s1. The van der Waals surface area contributed by atoms with Gasteiger partial charge in [0.1, 0.15) is 0 Å². The summed E-state index contributed by atoms with van der Waals surface area (Å²) in [6.07, 6.45) is 0.104. The molecule has 2 atom stereocenters. The molecule has 0 aromatic rings. The summed E-state index contributed by atoms with van der Waals surface area (Å²) >= 11 is 0. The van der Waals surface area contributed by atoms with E-state index in [9.17, 15) is 21.1 Å². The van der Waals surface area contributed by atoms with E-state index in [1.807, 2.05) is 0 Å². The molecule has 1 saturated carbocycles. The van der Waals surface area contributed by atoms with Crippen LogP contribution in [-0.4, -0.2) is 20.1 Å². The Balaban J connectivity index is 2.45. The topological polar surface area (TPSA) is 34.1 Å². The third-order valence-corrected chi connectivity index (χ3v) is 2.81. The zero-order valence-corrected chi connectivity index (χ0v) is 7.24. The maximum absolute atomic E-state index is 12.4. The molecule has 0 radical (unpaired) electrons. The highest BCUT2D eigenvalue weighted by Crippen LogP contribution is 2.49. The quantitative estimate of drug-likeness (QED) is 0.651. The number of rotatable bonds is 3. The SMILES string of the molecule is CC(F)(F)[C@@H]1C[C@H]1CS(=O)(=O)F. The number of hydrogen-bond donors (Lipinski definition) is 0. The normalized spacial score (nSPS) is 30.3. The van der Waals surface area contributed by atoms with E-state index in [1.54, 1.807) is 0 Å². The van der Waals surface area contributed by atoms with E-state index in [4.69, 9.17) is 0 Å². The van der Waals surface area contributed by atoms with Crippen LogP contribution in [0.15, 0.2) is 0 Å². The van der Waals surface area contributed by atoms with Gasteiger partial charge in [-0.05, 0) is 19.3 Å². The summed E-state index contributed by atoms with van der Waals surface area (Å²) in [5.74, 6) is -5.29. The van der Waals surface area contributed by atoms with Crippen LogP contribution in [0.2, 0.25) is 0 Å². The Bertz CT molecular complexity index is 267. The average molecular weight is 202 g/mol. The van der Waals surface area contributed by atoms with Gasteiger partial charge >= 0.3 is 10.2 Å². The molecule has 6 heteroatoms. The van der Waals surface area contributed by atoms with Crippen molar-refractivity contribution in [3.63, 3.8) is 0 Å². The largest absolute Gasteiger partial charge is 0.302 e. The molecule has 1 aliphatic rings. The molecule has 0 bridgehead atoms. The highest BCUT2D eigenvalue weighted by Gasteiger charge is 2.52. The van der Waals surface area contributed by atoms with Gasteiger partial charge in [0.2, 0.25) is 5.92 Å². The first-order valence-corrected chi connectivity index (χ1v) is 5.05. The second-order valence-electron chi connectivity index (χ2n) is 3.26. The van der Waals surface area contributed by atoms with Crippen molar-refractivity contribution >= 4 is 10.2 Å². The molecule has 0 aromatic carbocycles. The molecule has 0 spiro atoms. The number of alkyl halides is 2. The summed E-state index contributed by atoms with van der Waals surface area (Å²) in [4.78, 5) is 0. The molecular formula is C6H9F3O2S. The molecule has 2 nitrogen and oxygen atoms in total. The Labute approximate surface area is 69.0 Å². The van der Waals surface area contributed by atoms with Crippen LogP contribution in [0.4, 0.5) is 12.7 Å². The predicted molar refractivity (Wildman–Crippen MR) is 37.1 cm³/mol. The van der Waals surface area contributed by atoms with Crippen molar-refractivity contribution in [3.8, 4) is 0 Å². The Morgan fingerprint density at radius 1 is 1.50 bits per heavy atom. The molecule has 1 fully saturated rings. The van der Waals surface area contributed by atoms with Crippen molar-refractivity contribution in [3.05, 3.63) is 0 Å². The molecule has 0 saturated heterocycles. The molecule has 72 valence electrons. The predicted octanol–water partition coefficient (Wildman–Crippen LogP) is 1.58. The van der Waals surface area contributed by atoms with Crippen LogP contribution < -0.4 is 0 Å². The Morgan fingerprint density at radius 2 is 2.00 bits per heavy atom. The minimum Gasteiger partial charge on any atom is -0.207 e. The van der Waals surface area contributed by atoms with E-state index in [-0.39, 0.29) is 6.42 Å². The fraction of sp³-hybridized carbons (Fsp3) is 1.00. The lowest BCUT2D eigenvalue weighted by molar-refractivity contribution is -0.00632. The van der Waals surface area contributed by atoms with E-state index in [2.05, 4.69) is 0 Å². The first kappa shape index (κ1) is 9.83. The number of halogens is 3. The van der Waals surface area contributed by atoms with Crippen LogP contribution in [-0.2, 0) is 10.2 Å². The van der Waals surface area contributed by atoms with E-state index in [0.717, 1.165) is 6.92 Å². The van der Waals surface area contributed by atoms with Crippen molar-refractivity contribution in [2.45, 2.75) is 19.3 Å². The third kappa shape index (κ3) is 2.66. The van der Waals surface area contributed by atoms with Crippen LogP contribution in [0.1, 0.15) is 13.3 Å². The van der Waals surface area contributed by atoms with Gasteiger partial charge in [-0.3, -0.25) is 0 Å². The van der Waals surface area contributed by atoms with Crippen LogP contribution in [0.25, 0.3) is 0 Å². The molecule has 0 unspecified atom stereocenters. The van der Waals surface area contributed by atoms with Gasteiger partial charge in [-0.2, -0.15) is 8.42 Å². The maximum atomic E-state index is 12.4. The van der Waals surface area contributed by atoms with Crippen molar-refractivity contribution < 1.29 is 21.1 Å². The zero-order valence-electron chi connectivity index (χ0n) is 6.43. The van der Waals surface area contributed by atoms with Gasteiger partial charge in [-0.25, -0.2) is 8.78 Å².